The summed E-state index contributed by atoms with van der Waals surface area (Å²) in [5.41, 5.74) is 9.58. The molecule has 26 heavy (non-hydrogen) atoms. The van der Waals surface area contributed by atoms with E-state index in [-0.39, 0.29) is 0 Å². The zero-order chi connectivity index (χ0) is 17.9. The van der Waals surface area contributed by atoms with Crippen LogP contribution >= 0.6 is 23.6 Å². The molecular formula is C19H21N5S2. The molecule has 4 rings (SSSR count). The minimum Gasteiger partial charge on any atom is -0.359 e. The van der Waals surface area contributed by atoms with Crippen LogP contribution in [0.5, 0.6) is 0 Å². The Hall–Kier alpha value is -2.25. The fourth-order valence-corrected chi connectivity index (χ4v) is 4.56. The van der Waals surface area contributed by atoms with Crippen molar-refractivity contribution in [1.29, 1.82) is 0 Å². The van der Waals surface area contributed by atoms with Gasteiger partial charge in [-0.2, -0.15) is 0 Å². The van der Waals surface area contributed by atoms with Gasteiger partial charge in [0.1, 0.15) is 6.33 Å². The number of hydrazine groups is 1. The molecule has 3 aromatic rings. The molecule has 0 saturated heterocycles. The molecule has 0 unspecified atom stereocenters. The second kappa shape index (κ2) is 7.55. The Bertz CT molecular complexity index is 931. The van der Waals surface area contributed by atoms with E-state index in [0.717, 1.165) is 16.0 Å². The van der Waals surface area contributed by atoms with E-state index >= 15 is 0 Å². The monoisotopic (exact) mass is 383 g/mol. The zero-order valence-corrected chi connectivity index (χ0v) is 16.2. The number of nitrogens with zero attached hydrogens (tertiary/aromatic N) is 2. The third-order valence-electron chi connectivity index (χ3n) is 4.60. The Morgan fingerprint density at radius 2 is 2.04 bits per heavy atom. The second-order valence-corrected chi connectivity index (χ2v) is 8.08. The summed E-state index contributed by atoms with van der Waals surface area (Å²) in [6, 6.07) is 11.1. The molecular weight excluding hydrogens is 362 g/mol. The lowest BCUT2D eigenvalue weighted by Crippen LogP contribution is -2.43. The molecule has 0 amide bonds. The van der Waals surface area contributed by atoms with E-state index < -0.39 is 0 Å². The van der Waals surface area contributed by atoms with Gasteiger partial charge in [0.25, 0.3) is 0 Å². The summed E-state index contributed by atoms with van der Waals surface area (Å²) in [5, 5.41) is 3.96. The fraction of sp³-hybridized carbons (Fsp3) is 0.316. The molecule has 0 radical (unpaired) electrons. The first-order chi connectivity index (χ1) is 12.7. The van der Waals surface area contributed by atoms with E-state index in [1.54, 1.807) is 17.7 Å². The van der Waals surface area contributed by atoms with Gasteiger partial charge in [0.2, 0.25) is 0 Å². The predicted molar refractivity (Wildman–Crippen MR) is 112 cm³/mol. The van der Waals surface area contributed by atoms with Gasteiger partial charge in [-0.1, -0.05) is 42.7 Å². The Morgan fingerprint density at radius 3 is 2.85 bits per heavy atom. The van der Waals surface area contributed by atoms with Crippen LogP contribution in [0, 0.1) is 6.92 Å². The van der Waals surface area contributed by atoms with Crippen molar-refractivity contribution >= 4 is 44.7 Å². The summed E-state index contributed by atoms with van der Waals surface area (Å²) in [6.07, 6.45) is 6.50. The third-order valence-corrected chi connectivity index (χ3v) is 6.00. The second-order valence-electron chi connectivity index (χ2n) is 6.62. The predicted octanol–water partition coefficient (Wildman–Crippen LogP) is 4.40. The van der Waals surface area contributed by atoms with Gasteiger partial charge in [-0.05, 0) is 43.6 Å². The van der Waals surface area contributed by atoms with Crippen molar-refractivity contribution < 1.29 is 0 Å². The first-order valence-electron chi connectivity index (χ1n) is 8.83. The summed E-state index contributed by atoms with van der Waals surface area (Å²) >= 11 is 7.06. The number of hydrogen-bond donors (Lipinski definition) is 3. The van der Waals surface area contributed by atoms with E-state index in [0.29, 0.717) is 11.2 Å². The minimum atomic E-state index is 0.483. The Morgan fingerprint density at radius 1 is 1.19 bits per heavy atom. The number of nitrogens with one attached hydrogen (secondary N) is 3. The van der Waals surface area contributed by atoms with Crippen molar-refractivity contribution in [2.45, 2.75) is 38.6 Å². The highest BCUT2D eigenvalue weighted by atomic mass is 32.1. The maximum atomic E-state index is 5.38. The number of rotatable bonds is 4. The number of aromatic nitrogens is 2. The van der Waals surface area contributed by atoms with Gasteiger partial charge in [0, 0.05) is 10.9 Å². The SMILES string of the molecule is Cc1cccc(-c2cc3ncnc(NNC(=S)NC4CCCC4)c3s2)c1. The van der Waals surface area contributed by atoms with Crippen molar-refractivity contribution in [2.75, 3.05) is 5.43 Å². The van der Waals surface area contributed by atoms with Crippen LogP contribution in [0.3, 0.4) is 0 Å². The Balaban J connectivity index is 1.51. The number of fused-ring (bicyclic) bond motifs is 1. The molecule has 5 nitrogen and oxygen atoms in total. The van der Waals surface area contributed by atoms with E-state index in [9.17, 15) is 0 Å². The summed E-state index contributed by atoms with van der Waals surface area (Å²) < 4.78 is 1.01. The van der Waals surface area contributed by atoms with Crippen molar-refractivity contribution in [3.05, 3.63) is 42.2 Å². The first kappa shape index (κ1) is 17.2. The van der Waals surface area contributed by atoms with E-state index in [1.807, 2.05) is 0 Å². The molecule has 1 aromatic carbocycles. The van der Waals surface area contributed by atoms with Gasteiger partial charge in [0.15, 0.2) is 10.9 Å². The van der Waals surface area contributed by atoms with Gasteiger partial charge in [0.05, 0.1) is 10.2 Å². The average Bonchev–Trinajstić information content (AvgIpc) is 3.29. The molecule has 0 atom stereocenters. The van der Waals surface area contributed by atoms with Gasteiger partial charge >= 0.3 is 0 Å². The summed E-state index contributed by atoms with van der Waals surface area (Å²) in [4.78, 5) is 9.96. The first-order valence-corrected chi connectivity index (χ1v) is 10.1. The molecule has 1 saturated carbocycles. The third kappa shape index (κ3) is 3.78. The number of thiocarbonyl (C=S) groups is 1. The lowest BCUT2D eigenvalue weighted by molar-refractivity contribution is 0.626. The molecule has 1 aliphatic carbocycles. The number of thiophene rings is 1. The molecule has 2 aromatic heterocycles. The van der Waals surface area contributed by atoms with Gasteiger partial charge in [-0.3, -0.25) is 10.9 Å². The fourth-order valence-electron chi connectivity index (χ4n) is 3.29. The van der Waals surface area contributed by atoms with Crippen LogP contribution in [-0.2, 0) is 0 Å². The molecule has 0 bridgehead atoms. The van der Waals surface area contributed by atoms with Crippen molar-refractivity contribution in [2.24, 2.45) is 0 Å². The largest absolute Gasteiger partial charge is 0.359 e. The Labute approximate surface area is 162 Å². The van der Waals surface area contributed by atoms with E-state index in [2.05, 4.69) is 63.4 Å². The highest BCUT2D eigenvalue weighted by Crippen LogP contribution is 2.35. The van der Waals surface area contributed by atoms with E-state index in [1.165, 1.54) is 41.7 Å². The molecule has 7 heteroatoms. The van der Waals surface area contributed by atoms with E-state index in [4.69, 9.17) is 12.2 Å². The molecule has 1 aliphatic rings. The van der Waals surface area contributed by atoms with Gasteiger partial charge < -0.3 is 5.32 Å². The minimum absolute atomic E-state index is 0.483. The molecule has 1 fully saturated rings. The van der Waals surface area contributed by atoms with Crippen LogP contribution in [0.25, 0.3) is 20.7 Å². The van der Waals surface area contributed by atoms with Crippen LogP contribution in [-0.4, -0.2) is 21.1 Å². The highest BCUT2D eigenvalue weighted by molar-refractivity contribution is 7.80. The standard InChI is InChI=1S/C19H21N5S2/c1-12-5-4-6-13(9-12)16-10-15-17(26-16)18(21-11-20-15)23-24-19(25)22-14-7-2-3-8-14/h4-6,9-11,14H,2-3,7-8H2,1H3,(H,20,21,23)(H2,22,24,25). The lowest BCUT2D eigenvalue weighted by Gasteiger charge is -2.16. The number of anilines is 1. The topological polar surface area (TPSA) is 61.9 Å². The van der Waals surface area contributed by atoms with Crippen LogP contribution in [0.4, 0.5) is 5.82 Å². The zero-order valence-electron chi connectivity index (χ0n) is 14.6. The molecule has 2 heterocycles. The van der Waals surface area contributed by atoms with Crippen molar-refractivity contribution in [3.8, 4) is 10.4 Å². The molecule has 134 valence electrons. The quantitative estimate of drug-likeness (QED) is 0.458. The smallest absolute Gasteiger partial charge is 0.185 e. The average molecular weight is 384 g/mol. The highest BCUT2D eigenvalue weighted by Gasteiger charge is 2.16. The normalized spacial score (nSPS) is 14.5. The van der Waals surface area contributed by atoms with Crippen LogP contribution < -0.4 is 16.2 Å². The number of hydrogen-bond acceptors (Lipinski definition) is 5. The van der Waals surface area contributed by atoms with Crippen molar-refractivity contribution in [1.82, 2.24) is 20.7 Å². The number of aryl methyl sites for hydroxylation is 1. The number of benzene rings is 1. The van der Waals surface area contributed by atoms with Gasteiger partial charge in [-0.15, -0.1) is 11.3 Å². The lowest BCUT2D eigenvalue weighted by atomic mass is 10.1. The summed E-state index contributed by atoms with van der Waals surface area (Å²) in [6.45, 7) is 2.10. The maximum Gasteiger partial charge on any atom is 0.185 e. The molecule has 3 N–H and O–H groups in total. The van der Waals surface area contributed by atoms with Gasteiger partial charge in [-0.25, -0.2) is 9.97 Å². The molecule has 0 aliphatic heterocycles. The Kier molecular flexibility index (Phi) is 4.99. The summed E-state index contributed by atoms with van der Waals surface area (Å²) in [5.74, 6) is 0.745. The molecule has 0 spiro atoms. The summed E-state index contributed by atoms with van der Waals surface area (Å²) in [7, 11) is 0. The van der Waals surface area contributed by atoms with Crippen LogP contribution in [0.1, 0.15) is 31.2 Å². The maximum absolute atomic E-state index is 5.38. The van der Waals surface area contributed by atoms with Crippen molar-refractivity contribution in [3.63, 3.8) is 0 Å². The van der Waals surface area contributed by atoms with Crippen LogP contribution in [0.2, 0.25) is 0 Å². The van der Waals surface area contributed by atoms with Crippen LogP contribution in [0.15, 0.2) is 36.7 Å².